The molecule has 8 heteroatoms. The van der Waals surface area contributed by atoms with E-state index in [0.29, 0.717) is 26.1 Å². The zero-order chi connectivity index (χ0) is 18.3. The van der Waals surface area contributed by atoms with E-state index >= 15 is 0 Å². The predicted molar refractivity (Wildman–Crippen MR) is 88.1 cm³/mol. The third kappa shape index (κ3) is 2.77. The van der Waals surface area contributed by atoms with E-state index in [-0.39, 0.29) is 5.82 Å². The molecule has 2 aliphatic heterocycles. The van der Waals surface area contributed by atoms with Gasteiger partial charge in [0, 0.05) is 38.0 Å². The van der Waals surface area contributed by atoms with Crippen molar-refractivity contribution >= 4 is 22.8 Å². The molecule has 0 amide bonds. The molecule has 0 aliphatic carbocycles. The molecule has 1 N–H and O–H groups in total. The number of rotatable bonds is 3. The molecule has 1 unspecified atom stereocenters. The van der Waals surface area contributed by atoms with Crippen LogP contribution in [0.4, 0.5) is 4.39 Å². The van der Waals surface area contributed by atoms with E-state index in [4.69, 9.17) is 9.47 Å². The van der Waals surface area contributed by atoms with E-state index in [9.17, 15) is 19.1 Å². The van der Waals surface area contributed by atoms with Crippen molar-refractivity contribution in [3.8, 4) is 0 Å². The Morgan fingerprint density at radius 3 is 2.62 bits per heavy atom. The zero-order valence-corrected chi connectivity index (χ0v) is 13.8. The number of aromatic nitrogens is 1. The van der Waals surface area contributed by atoms with Gasteiger partial charge in [0.05, 0.1) is 5.52 Å². The van der Waals surface area contributed by atoms with Gasteiger partial charge in [-0.15, -0.1) is 0 Å². The number of aliphatic hydroxyl groups is 1. The van der Waals surface area contributed by atoms with E-state index in [1.807, 2.05) is 16.8 Å². The van der Waals surface area contributed by atoms with Gasteiger partial charge in [-0.1, -0.05) is 0 Å². The Hall–Kier alpha value is -2.71. The standard InChI is InChI=1S/C18H17FN2O5/c19-13-2-1-12-5-7-20(14(12)11-13)9-10-21-8-6-15(22)18(21)25-16(23)3-4-17(24)26-18/h1-5,7,11,15,22H,6,8-10H2. The van der Waals surface area contributed by atoms with Crippen molar-refractivity contribution in [1.82, 2.24) is 9.47 Å². The summed E-state index contributed by atoms with van der Waals surface area (Å²) in [6, 6.07) is 6.41. The first-order valence-corrected chi connectivity index (χ1v) is 8.29. The zero-order valence-electron chi connectivity index (χ0n) is 13.8. The van der Waals surface area contributed by atoms with Gasteiger partial charge < -0.3 is 19.1 Å². The fraction of sp³-hybridized carbons (Fsp3) is 0.333. The van der Waals surface area contributed by atoms with E-state index in [0.717, 1.165) is 23.1 Å². The van der Waals surface area contributed by atoms with Crippen LogP contribution in [0, 0.1) is 5.82 Å². The maximum Gasteiger partial charge on any atom is 0.348 e. The number of nitrogens with zero attached hydrogens (tertiary/aromatic N) is 2. The molecule has 1 fully saturated rings. The van der Waals surface area contributed by atoms with Crippen molar-refractivity contribution in [3.63, 3.8) is 0 Å². The Morgan fingerprint density at radius 2 is 1.88 bits per heavy atom. The minimum atomic E-state index is -1.83. The van der Waals surface area contributed by atoms with E-state index in [2.05, 4.69) is 0 Å². The average molecular weight is 360 g/mol. The molecule has 1 saturated heterocycles. The summed E-state index contributed by atoms with van der Waals surface area (Å²) in [6.07, 6.45) is 2.93. The summed E-state index contributed by atoms with van der Waals surface area (Å²) < 4.78 is 25.9. The smallest absolute Gasteiger partial charge is 0.348 e. The fourth-order valence-electron chi connectivity index (χ4n) is 3.45. The number of carbonyl (C=O) groups is 2. The van der Waals surface area contributed by atoms with Crippen LogP contribution in [0.2, 0.25) is 0 Å². The van der Waals surface area contributed by atoms with Crippen molar-refractivity contribution in [2.45, 2.75) is 25.0 Å². The number of likely N-dealkylation sites (tertiary alicyclic amines) is 1. The lowest BCUT2D eigenvalue weighted by Crippen LogP contribution is -2.56. The van der Waals surface area contributed by atoms with Gasteiger partial charge in [-0.05, 0) is 36.1 Å². The quantitative estimate of drug-likeness (QED) is 0.828. The molecule has 0 saturated carbocycles. The van der Waals surface area contributed by atoms with Crippen LogP contribution in [0.1, 0.15) is 6.42 Å². The Balaban J connectivity index is 1.57. The van der Waals surface area contributed by atoms with Crippen LogP contribution < -0.4 is 0 Å². The summed E-state index contributed by atoms with van der Waals surface area (Å²) in [5.74, 6) is -3.67. The van der Waals surface area contributed by atoms with Crippen LogP contribution in [-0.4, -0.2) is 51.6 Å². The van der Waals surface area contributed by atoms with Crippen LogP contribution in [0.25, 0.3) is 10.9 Å². The van der Waals surface area contributed by atoms with Crippen molar-refractivity contribution in [1.29, 1.82) is 0 Å². The second kappa shape index (κ2) is 6.22. The highest BCUT2D eigenvalue weighted by Crippen LogP contribution is 2.34. The molecule has 26 heavy (non-hydrogen) atoms. The number of ether oxygens (including phenoxy) is 2. The van der Waals surface area contributed by atoms with Gasteiger partial charge in [0.2, 0.25) is 0 Å². The maximum atomic E-state index is 13.5. The normalized spacial score (nSPS) is 22.6. The van der Waals surface area contributed by atoms with Crippen molar-refractivity contribution in [2.75, 3.05) is 13.1 Å². The lowest BCUT2D eigenvalue weighted by atomic mass is 10.2. The number of benzene rings is 1. The lowest BCUT2D eigenvalue weighted by molar-refractivity contribution is -0.297. The summed E-state index contributed by atoms with van der Waals surface area (Å²) in [5.41, 5.74) is 0.732. The second-order valence-corrected chi connectivity index (χ2v) is 6.31. The molecule has 1 aromatic carbocycles. The first kappa shape index (κ1) is 16.7. The maximum absolute atomic E-state index is 13.5. The molecule has 1 atom stereocenters. The van der Waals surface area contributed by atoms with Crippen LogP contribution >= 0.6 is 0 Å². The Morgan fingerprint density at radius 1 is 1.15 bits per heavy atom. The number of fused-ring (bicyclic) bond motifs is 1. The minimum absolute atomic E-state index is 0.293. The number of halogens is 1. The molecular formula is C18H17FN2O5. The number of carbonyl (C=O) groups excluding carboxylic acids is 2. The Bertz CT molecular complexity index is 886. The van der Waals surface area contributed by atoms with Gasteiger partial charge in [0.1, 0.15) is 11.9 Å². The highest BCUT2D eigenvalue weighted by molar-refractivity contribution is 5.93. The second-order valence-electron chi connectivity index (χ2n) is 6.31. The van der Waals surface area contributed by atoms with Crippen molar-refractivity contribution < 1.29 is 28.6 Å². The Kier molecular flexibility index (Phi) is 4.01. The molecule has 2 aliphatic rings. The SMILES string of the molecule is O=C1C=CC(=O)OC2(O1)C(O)CCN2CCn1ccc2ccc(F)cc21. The monoisotopic (exact) mass is 360 g/mol. The number of hydrogen-bond donors (Lipinski definition) is 1. The van der Waals surface area contributed by atoms with Gasteiger partial charge >= 0.3 is 17.8 Å². The first-order valence-electron chi connectivity index (χ1n) is 8.29. The predicted octanol–water partition coefficient (Wildman–Crippen LogP) is 1.16. The molecule has 2 aromatic rings. The number of aliphatic hydroxyl groups excluding tert-OH is 1. The topological polar surface area (TPSA) is 81.0 Å². The van der Waals surface area contributed by atoms with Crippen LogP contribution in [-0.2, 0) is 25.6 Å². The molecule has 136 valence electrons. The lowest BCUT2D eigenvalue weighted by Gasteiger charge is -2.36. The van der Waals surface area contributed by atoms with Gasteiger partial charge in [0.15, 0.2) is 0 Å². The fourth-order valence-corrected chi connectivity index (χ4v) is 3.45. The molecule has 1 spiro atoms. The Labute approximate surface area is 148 Å². The molecule has 7 nitrogen and oxygen atoms in total. The highest BCUT2D eigenvalue weighted by Gasteiger charge is 2.56. The van der Waals surface area contributed by atoms with Gasteiger partial charge in [-0.25, -0.2) is 18.9 Å². The summed E-state index contributed by atoms with van der Waals surface area (Å²) in [5, 5.41) is 11.2. The highest BCUT2D eigenvalue weighted by atomic mass is 19.1. The van der Waals surface area contributed by atoms with Crippen LogP contribution in [0.5, 0.6) is 0 Å². The number of esters is 2. The van der Waals surface area contributed by atoms with Gasteiger partial charge in [-0.3, -0.25) is 0 Å². The number of hydrogen-bond acceptors (Lipinski definition) is 6. The van der Waals surface area contributed by atoms with Crippen LogP contribution in [0.15, 0.2) is 42.6 Å². The van der Waals surface area contributed by atoms with E-state index in [1.165, 1.54) is 12.1 Å². The minimum Gasteiger partial charge on any atom is -0.403 e. The summed E-state index contributed by atoms with van der Waals surface area (Å²) in [6.45, 7) is 1.15. The molecule has 4 rings (SSSR count). The van der Waals surface area contributed by atoms with Gasteiger partial charge in [0.25, 0.3) is 0 Å². The third-order valence-corrected chi connectivity index (χ3v) is 4.73. The van der Waals surface area contributed by atoms with Crippen molar-refractivity contribution in [3.05, 3.63) is 48.4 Å². The van der Waals surface area contributed by atoms with Crippen LogP contribution in [0.3, 0.4) is 0 Å². The first-order chi connectivity index (χ1) is 12.5. The molecule has 0 radical (unpaired) electrons. The molecule has 1 aromatic heterocycles. The summed E-state index contributed by atoms with van der Waals surface area (Å²) in [7, 11) is 0. The molecule has 0 bridgehead atoms. The summed E-state index contributed by atoms with van der Waals surface area (Å²) >= 11 is 0. The van der Waals surface area contributed by atoms with E-state index in [1.54, 1.807) is 11.0 Å². The average Bonchev–Trinajstić information content (AvgIpc) is 3.07. The van der Waals surface area contributed by atoms with Crippen molar-refractivity contribution in [2.24, 2.45) is 0 Å². The molecular weight excluding hydrogens is 343 g/mol. The largest absolute Gasteiger partial charge is 0.403 e. The van der Waals surface area contributed by atoms with Gasteiger partial charge in [-0.2, -0.15) is 0 Å². The molecule has 3 heterocycles. The van der Waals surface area contributed by atoms with E-state index < -0.39 is 24.0 Å². The third-order valence-electron chi connectivity index (χ3n) is 4.73. The summed E-state index contributed by atoms with van der Waals surface area (Å²) in [4.78, 5) is 25.2.